The van der Waals surface area contributed by atoms with Crippen LogP contribution < -0.4 is 4.90 Å². The first-order valence-corrected chi connectivity index (χ1v) is 8.23. The van der Waals surface area contributed by atoms with Crippen molar-refractivity contribution in [2.24, 2.45) is 0 Å². The number of phenols is 1. The molecule has 3 nitrogen and oxygen atoms in total. The second-order valence-corrected chi connectivity index (χ2v) is 6.09. The monoisotopic (exact) mass is 304 g/mol. The summed E-state index contributed by atoms with van der Waals surface area (Å²) in [6, 6.07) is 7.96. The van der Waals surface area contributed by atoms with E-state index in [9.17, 15) is 5.11 Å². The highest BCUT2D eigenvalue weighted by Gasteiger charge is 2.23. The number of rotatable bonds is 4. The van der Waals surface area contributed by atoms with E-state index in [1.165, 1.54) is 32.1 Å². The van der Waals surface area contributed by atoms with E-state index in [0.717, 1.165) is 23.1 Å². The van der Waals surface area contributed by atoms with Crippen molar-refractivity contribution < 1.29 is 5.11 Å². The lowest BCUT2D eigenvalue weighted by Gasteiger charge is -2.35. The van der Waals surface area contributed by atoms with Gasteiger partial charge in [-0.25, -0.2) is 4.98 Å². The van der Waals surface area contributed by atoms with Gasteiger partial charge < -0.3 is 10.0 Å². The quantitative estimate of drug-likeness (QED) is 0.855. The smallest absolute Gasteiger partial charge is 0.136 e. The summed E-state index contributed by atoms with van der Waals surface area (Å²) >= 11 is 6.03. The van der Waals surface area contributed by atoms with Crippen LogP contribution in [0, 0.1) is 0 Å². The Morgan fingerprint density at radius 1 is 1.19 bits per heavy atom. The minimum atomic E-state index is 0.284. The zero-order chi connectivity index (χ0) is 14.7. The second kappa shape index (κ2) is 6.52. The number of anilines is 1. The average molecular weight is 305 g/mol. The van der Waals surface area contributed by atoms with Crippen molar-refractivity contribution in [1.29, 1.82) is 0 Å². The van der Waals surface area contributed by atoms with Gasteiger partial charge in [-0.2, -0.15) is 0 Å². The van der Waals surface area contributed by atoms with E-state index >= 15 is 0 Å². The molecular formula is C17H21ClN2O. The molecule has 1 aromatic carbocycles. The number of pyridine rings is 1. The van der Waals surface area contributed by atoms with Gasteiger partial charge in [-0.1, -0.05) is 25.3 Å². The van der Waals surface area contributed by atoms with Crippen molar-refractivity contribution in [3.05, 3.63) is 30.5 Å². The van der Waals surface area contributed by atoms with Crippen molar-refractivity contribution >= 4 is 28.2 Å². The van der Waals surface area contributed by atoms with Crippen LogP contribution in [0.4, 0.5) is 5.82 Å². The summed E-state index contributed by atoms with van der Waals surface area (Å²) in [4.78, 5) is 6.94. The van der Waals surface area contributed by atoms with Gasteiger partial charge in [-0.15, -0.1) is 11.6 Å². The first-order valence-electron chi connectivity index (χ1n) is 7.70. The van der Waals surface area contributed by atoms with Gasteiger partial charge in [-0.3, -0.25) is 0 Å². The van der Waals surface area contributed by atoms with Gasteiger partial charge in [0.1, 0.15) is 11.6 Å². The predicted molar refractivity (Wildman–Crippen MR) is 88.3 cm³/mol. The van der Waals surface area contributed by atoms with Crippen molar-refractivity contribution in [1.82, 2.24) is 4.98 Å². The highest BCUT2D eigenvalue weighted by molar-refractivity contribution is 6.18. The highest BCUT2D eigenvalue weighted by Crippen LogP contribution is 2.32. The van der Waals surface area contributed by atoms with E-state index in [-0.39, 0.29) is 5.75 Å². The molecule has 1 N–H and O–H groups in total. The molecule has 3 rings (SSSR count). The fraction of sp³-hybridized carbons (Fsp3) is 0.471. The van der Waals surface area contributed by atoms with Crippen molar-refractivity contribution in [3.8, 4) is 5.75 Å². The molecule has 4 heteroatoms. The molecule has 1 aliphatic carbocycles. The van der Waals surface area contributed by atoms with Crippen LogP contribution in [-0.4, -0.2) is 28.6 Å². The molecular weight excluding hydrogens is 284 g/mol. The third kappa shape index (κ3) is 3.08. The zero-order valence-electron chi connectivity index (χ0n) is 12.1. The Labute approximate surface area is 130 Å². The second-order valence-electron chi connectivity index (χ2n) is 5.71. The van der Waals surface area contributed by atoms with Gasteiger partial charge in [0.15, 0.2) is 0 Å². The van der Waals surface area contributed by atoms with Crippen LogP contribution in [-0.2, 0) is 0 Å². The number of phenolic OH excluding ortho intramolecular Hbond substituents is 1. The van der Waals surface area contributed by atoms with E-state index in [4.69, 9.17) is 11.6 Å². The number of hydrogen-bond donors (Lipinski definition) is 1. The molecule has 1 heterocycles. The van der Waals surface area contributed by atoms with E-state index in [2.05, 4.69) is 9.88 Å². The van der Waals surface area contributed by atoms with Gasteiger partial charge in [-0.05, 0) is 36.4 Å². The molecule has 1 aliphatic rings. The minimum Gasteiger partial charge on any atom is -0.508 e. The fourth-order valence-corrected chi connectivity index (χ4v) is 3.50. The Kier molecular flexibility index (Phi) is 4.49. The molecule has 0 atom stereocenters. The van der Waals surface area contributed by atoms with E-state index in [1.54, 1.807) is 6.07 Å². The van der Waals surface area contributed by atoms with Gasteiger partial charge >= 0.3 is 0 Å². The molecule has 0 radical (unpaired) electrons. The number of fused-ring (bicyclic) bond motifs is 1. The lowest BCUT2D eigenvalue weighted by atomic mass is 9.94. The summed E-state index contributed by atoms with van der Waals surface area (Å²) in [7, 11) is 0. The van der Waals surface area contributed by atoms with Crippen LogP contribution in [0.1, 0.15) is 32.1 Å². The van der Waals surface area contributed by atoms with Crippen LogP contribution in [0.5, 0.6) is 5.75 Å². The molecule has 21 heavy (non-hydrogen) atoms. The lowest BCUT2D eigenvalue weighted by molar-refractivity contribution is 0.417. The van der Waals surface area contributed by atoms with Crippen LogP contribution in [0.3, 0.4) is 0 Å². The molecule has 0 amide bonds. The van der Waals surface area contributed by atoms with Crippen molar-refractivity contribution in [3.63, 3.8) is 0 Å². The fourth-order valence-electron chi connectivity index (χ4n) is 3.32. The number of nitrogens with zero attached hydrogens (tertiary/aromatic N) is 2. The SMILES string of the molecule is Oc1ccc2ccnc(N(CCCl)C3CCCCC3)c2c1. The van der Waals surface area contributed by atoms with Crippen LogP contribution in [0.15, 0.2) is 30.5 Å². The third-order valence-electron chi connectivity index (χ3n) is 4.34. The summed E-state index contributed by atoms with van der Waals surface area (Å²) in [5.74, 6) is 1.83. The molecule has 0 spiro atoms. The summed E-state index contributed by atoms with van der Waals surface area (Å²) < 4.78 is 0. The van der Waals surface area contributed by atoms with E-state index < -0.39 is 0 Å². The normalized spacial score (nSPS) is 16.2. The number of halogens is 1. The van der Waals surface area contributed by atoms with Crippen LogP contribution in [0.25, 0.3) is 10.8 Å². The lowest BCUT2D eigenvalue weighted by Crippen LogP contribution is -2.38. The molecule has 0 bridgehead atoms. The molecule has 0 aliphatic heterocycles. The van der Waals surface area contributed by atoms with Gasteiger partial charge in [0.25, 0.3) is 0 Å². The summed E-state index contributed by atoms with van der Waals surface area (Å²) in [6.07, 6.45) is 8.13. The standard InChI is InChI=1S/C17H21ClN2O/c18-9-11-20(14-4-2-1-3-5-14)17-16-12-15(21)7-6-13(16)8-10-19-17/h6-8,10,12,14,21H,1-5,9,11H2. The predicted octanol–water partition coefficient (Wildman–Crippen LogP) is 4.32. The maximum absolute atomic E-state index is 9.80. The zero-order valence-corrected chi connectivity index (χ0v) is 12.9. The number of alkyl halides is 1. The van der Waals surface area contributed by atoms with E-state index in [0.29, 0.717) is 11.9 Å². The van der Waals surface area contributed by atoms with Crippen LogP contribution in [0.2, 0.25) is 0 Å². The molecule has 2 aromatic rings. The highest BCUT2D eigenvalue weighted by atomic mass is 35.5. The van der Waals surface area contributed by atoms with Crippen molar-refractivity contribution in [2.45, 2.75) is 38.1 Å². The Bertz CT molecular complexity index is 611. The number of benzene rings is 1. The van der Waals surface area contributed by atoms with Gasteiger partial charge in [0, 0.05) is 30.0 Å². The molecule has 1 saturated carbocycles. The first kappa shape index (κ1) is 14.5. The van der Waals surface area contributed by atoms with Gasteiger partial charge in [0.05, 0.1) is 0 Å². The number of aromatic nitrogens is 1. The molecule has 0 unspecified atom stereocenters. The summed E-state index contributed by atoms with van der Waals surface area (Å²) in [6.45, 7) is 0.800. The van der Waals surface area contributed by atoms with Gasteiger partial charge in [0.2, 0.25) is 0 Å². The summed E-state index contributed by atoms with van der Waals surface area (Å²) in [5.41, 5.74) is 0. The first-order chi connectivity index (χ1) is 10.3. The maximum atomic E-state index is 9.80. The van der Waals surface area contributed by atoms with Crippen molar-refractivity contribution in [2.75, 3.05) is 17.3 Å². The Morgan fingerprint density at radius 3 is 2.76 bits per heavy atom. The third-order valence-corrected chi connectivity index (χ3v) is 4.51. The molecule has 0 saturated heterocycles. The molecule has 1 fully saturated rings. The number of aromatic hydroxyl groups is 1. The Morgan fingerprint density at radius 2 is 2.00 bits per heavy atom. The van der Waals surface area contributed by atoms with E-state index in [1.807, 2.05) is 24.4 Å². The van der Waals surface area contributed by atoms with Crippen LogP contribution >= 0.6 is 11.6 Å². The minimum absolute atomic E-state index is 0.284. The number of hydrogen-bond acceptors (Lipinski definition) is 3. The molecule has 112 valence electrons. The largest absolute Gasteiger partial charge is 0.508 e. The Hall–Kier alpha value is -1.48. The molecule has 1 aromatic heterocycles. The topological polar surface area (TPSA) is 36.4 Å². The maximum Gasteiger partial charge on any atom is 0.136 e. The average Bonchev–Trinajstić information content (AvgIpc) is 2.53. The summed E-state index contributed by atoms with van der Waals surface area (Å²) in [5, 5.41) is 11.9. The Balaban J connectivity index is 2.03.